The van der Waals surface area contributed by atoms with Crippen LogP contribution in [0.3, 0.4) is 0 Å². The molecule has 0 bridgehead atoms. The van der Waals surface area contributed by atoms with Crippen molar-refractivity contribution in [1.82, 2.24) is 29.3 Å². The molecule has 7 nitrogen and oxygen atoms in total. The Bertz CT molecular complexity index is 1310. The van der Waals surface area contributed by atoms with Gasteiger partial charge in [0.05, 0.1) is 17.6 Å². The molecule has 3 aromatic heterocycles. The fraction of sp³-hybridized carbons (Fsp3) is 0.273. The van der Waals surface area contributed by atoms with Crippen molar-refractivity contribution in [3.05, 3.63) is 70.8 Å². The normalized spacial score (nSPS) is 11.8. The van der Waals surface area contributed by atoms with Crippen molar-refractivity contribution in [3.63, 3.8) is 0 Å². The predicted octanol–water partition coefficient (Wildman–Crippen LogP) is 4.04. The third-order valence-corrected chi connectivity index (χ3v) is 5.46. The van der Waals surface area contributed by atoms with Gasteiger partial charge < -0.3 is 4.90 Å². The van der Waals surface area contributed by atoms with E-state index in [9.17, 15) is 18.0 Å². The number of amides is 1. The molecule has 166 valence electrons. The largest absolute Gasteiger partial charge is 0.433 e. The number of aromatic nitrogens is 5. The van der Waals surface area contributed by atoms with Gasteiger partial charge in [-0.2, -0.15) is 23.4 Å². The van der Waals surface area contributed by atoms with E-state index < -0.39 is 17.8 Å². The van der Waals surface area contributed by atoms with Gasteiger partial charge in [0.25, 0.3) is 5.91 Å². The standard InChI is InChI=1S/C22H21F3N6O/c1-13-17(14(2)30(4)28-13)12-29(3)21(32)16-11-26-31-19(22(23,24)25)10-18(27-20(16)31)15-8-6-5-7-9-15/h5-11H,12H2,1-4H3. The highest BCUT2D eigenvalue weighted by Gasteiger charge is 2.36. The Hall–Kier alpha value is -3.69. The lowest BCUT2D eigenvalue weighted by molar-refractivity contribution is -0.142. The summed E-state index contributed by atoms with van der Waals surface area (Å²) in [7, 11) is 3.40. The minimum Gasteiger partial charge on any atom is -0.337 e. The molecule has 0 saturated heterocycles. The molecule has 32 heavy (non-hydrogen) atoms. The summed E-state index contributed by atoms with van der Waals surface area (Å²) in [6, 6.07) is 9.45. The Morgan fingerprint density at radius 2 is 1.84 bits per heavy atom. The molecule has 0 aliphatic rings. The highest BCUT2D eigenvalue weighted by molar-refractivity contribution is 5.99. The molecule has 0 fully saturated rings. The van der Waals surface area contributed by atoms with E-state index in [-0.39, 0.29) is 23.4 Å². The number of halogens is 3. The van der Waals surface area contributed by atoms with Gasteiger partial charge in [0, 0.05) is 37.5 Å². The molecule has 1 aromatic carbocycles. The topological polar surface area (TPSA) is 68.3 Å². The number of fused-ring (bicyclic) bond motifs is 1. The quantitative estimate of drug-likeness (QED) is 0.479. The van der Waals surface area contributed by atoms with Crippen LogP contribution in [-0.2, 0) is 19.8 Å². The monoisotopic (exact) mass is 442 g/mol. The minimum absolute atomic E-state index is 0.00465. The van der Waals surface area contributed by atoms with E-state index in [1.807, 2.05) is 20.9 Å². The number of alkyl halides is 3. The Balaban J connectivity index is 1.80. The van der Waals surface area contributed by atoms with E-state index in [0.29, 0.717) is 10.1 Å². The molecule has 4 aromatic rings. The first kappa shape index (κ1) is 21.5. The van der Waals surface area contributed by atoms with Gasteiger partial charge in [-0.15, -0.1) is 0 Å². The first-order valence-electron chi connectivity index (χ1n) is 9.84. The number of hydrogen-bond donors (Lipinski definition) is 0. The van der Waals surface area contributed by atoms with Gasteiger partial charge >= 0.3 is 6.18 Å². The van der Waals surface area contributed by atoms with Crippen LogP contribution in [0.1, 0.15) is 33.0 Å². The molecule has 3 heterocycles. The molecular formula is C22H21F3N6O. The summed E-state index contributed by atoms with van der Waals surface area (Å²) in [5.41, 5.74) is 2.05. The molecule has 0 unspecified atom stereocenters. The maximum atomic E-state index is 13.8. The second kappa shape index (κ2) is 7.77. The van der Waals surface area contributed by atoms with Gasteiger partial charge in [-0.05, 0) is 19.9 Å². The zero-order valence-corrected chi connectivity index (χ0v) is 18.0. The SMILES string of the molecule is Cc1nn(C)c(C)c1CN(C)C(=O)c1cnn2c(C(F)(F)F)cc(-c3ccccc3)nc12. The Labute approximate surface area is 182 Å². The molecule has 4 rings (SSSR count). The van der Waals surface area contributed by atoms with Crippen LogP contribution in [-0.4, -0.2) is 42.2 Å². The fourth-order valence-corrected chi connectivity index (χ4v) is 3.63. The summed E-state index contributed by atoms with van der Waals surface area (Å²) in [6.45, 7) is 4.00. The van der Waals surface area contributed by atoms with Gasteiger partial charge in [-0.1, -0.05) is 30.3 Å². The first-order valence-corrected chi connectivity index (χ1v) is 9.84. The number of benzene rings is 1. The summed E-state index contributed by atoms with van der Waals surface area (Å²) in [6.07, 6.45) is -3.54. The zero-order valence-electron chi connectivity index (χ0n) is 18.0. The van der Waals surface area contributed by atoms with Crippen molar-refractivity contribution < 1.29 is 18.0 Å². The van der Waals surface area contributed by atoms with E-state index in [1.165, 1.54) is 4.90 Å². The lowest BCUT2D eigenvalue weighted by Gasteiger charge is -2.17. The molecular weight excluding hydrogens is 421 g/mol. The maximum Gasteiger partial charge on any atom is 0.433 e. The molecule has 0 spiro atoms. The van der Waals surface area contributed by atoms with E-state index in [4.69, 9.17) is 0 Å². The summed E-state index contributed by atoms with van der Waals surface area (Å²) in [5.74, 6) is -0.478. The van der Waals surface area contributed by atoms with E-state index in [2.05, 4.69) is 15.2 Å². The third-order valence-electron chi connectivity index (χ3n) is 5.46. The highest BCUT2D eigenvalue weighted by atomic mass is 19.4. The number of carbonyl (C=O) groups is 1. The summed E-state index contributed by atoms with van der Waals surface area (Å²) in [5, 5.41) is 8.18. The van der Waals surface area contributed by atoms with Gasteiger partial charge in [0.1, 0.15) is 5.56 Å². The second-order valence-electron chi connectivity index (χ2n) is 7.62. The average Bonchev–Trinajstić information content (AvgIpc) is 3.28. The molecule has 0 N–H and O–H groups in total. The number of carbonyl (C=O) groups excluding carboxylic acids is 1. The molecule has 1 amide bonds. The van der Waals surface area contributed by atoms with Gasteiger partial charge in [0.15, 0.2) is 11.3 Å². The molecule has 0 saturated carbocycles. The van der Waals surface area contributed by atoms with Crippen LogP contribution in [0, 0.1) is 13.8 Å². The van der Waals surface area contributed by atoms with E-state index >= 15 is 0 Å². The third kappa shape index (κ3) is 3.72. The number of hydrogen-bond acceptors (Lipinski definition) is 4. The van der Waals surface area contributed by atoms with Crippen molar-refractivity contribution in [2.24, 2.45) is 7.05 Å². The van der Waals surface area contributed by atoms with Gasteiger partial charge in [-0.25, -0.2) is 9.50 Å². The smallest absolute Gasteiger partial charge is 0.337 e. The average molecular weight is 442 g/mol. The van der Waals surface area contributed by atoms with E-state index in [1.54, 1.807) is 42.1 Å². The van der Waals surface area contributed by atoms with Crippen molar-refractivity contribution in [3.8, 4) is 11.3 Å². The van der Waals surface area contributed by atoms with Gasteiger partial charge in [0.2, 0.25) is 0 Å². The highest BCUT2D eigenvalue weighted by Crippen LogP contribution is 2.33. The molecule has 0 atom stereocenters. The van der Waals surface area contributed by atoms with Crippen LogP contribution in [0.5, 0.6) is 0 Å². The van der Waals surface area contributed by atoms with Crippen LogP contribution in [0.2, 0.25) is 0 Å². The lowest BCUT2D eigenvalue weighted by Crippen LogP contribution is -2.27. The van der Waals surface area contributed by atoms with Crippen LogP contribution in [0.4, 0.5) is 13.2 Å². The first-order chi connectivity index (χ1) is 15.1. The number of nitrogens with zero attached hydrogens (tertiary/aromatic N) is 6. The van der Waals surface area contributed by atoms with Crippen molar-refractivity contribution in [2.45, 2.75) is 26.6 Å². The number of rotatable bonds is 4. The van der Waals surface area contributed by atoms with Crippen molar-refractivity contribution in [1.29, 1.82) is 0 Å². The Morgan fingerprint density at radius 1 is 1.16 bits per heavy atom. The molecule has 0 radical (unpaired) electrons. The molecule has 0 aliphatic carbocycles. The number of aryl methyl sites for hydroxylation is 2. The predicted molar refractivity (Wildman–Crippen MR) is 112 cm³/mol. The fourth-order valence-electron chi connectivity index (χ4n) is 3.63. The maximum absolute atomic E-state index is 13.8. The van der Waals surface area contributed by atoms with Gasteiger partial charge in [-0.3, -0.25) is 9.48 Å². The molecule has 0 aliphatic heterocycles. The van der Waals surface area contributed by atoms with Crippen LogP contribution < -0.4 is 0 Å². The van der Waals surface area contributed by atoms with Crippen LogP contribution in [0.25, 0.3) is 16.9 Å². The lowest BCUT2D eigenvalue weighted by atomic mass is 10.1. The Morgan fingerprint density at radius 3 is 2.44 bits per heavy atom. The van der Waals surface area contributed by atoms with E-state index in [0.717, 1.165) is 29.2 Å². The van der Waals surface area contributed by atoms with Crippen LogP contribution >= 0.6 is 0 Å². The minimum atomic E-state index is -4.67. The van der Waals surface area contributed by atoms with Crippen LogP contribution in [0.15, 0.2) is 42.6 Å². The Kier molecular flexibility index (Phi) is 5.23. The summed E-state index contributed by atoms with van der Waals surface area (Å²) < 4.78 is 43.7. The second-order valence-corrected chi connectivity index (χ2v) is 7.62. The summed E-state index contributed by atoms with van der Waals surface area (Å²) >= 11 is 0. The van der Waals surface area contributed by atoms with Crippen molar-refractivity contribution >= 4 is 11.6 Å². The molecule has 10 heteroatoms. The summed E-state index contributed by atoms with van der Waals surface area (Å²) in [4.78, 5) is 19.0. The van der Waals surface area contributed by atoms with Crippen molar-refractivity contribution in [2.75, 3.05) is 7.05 Å². The zero-order chi connectivity index (χ0) is 23.2.